The van der Waals surface area contributed by atoms with Crippen LogP contribution in [-0.2, 0) is 13.6 Å². The van der Waals surface area contributed by atoms with Crippen molar-refractivity contribution in [3.8, 4) is 0 Å². The minimum atomic E-state index is -3.33. The van der Waals surface area contributed by atoms with Crippen LogP contribution in [0.2, 0.25) is 0 Å². The van der Waals surface area contributed by atoms with Crippen molar-refractivity contribution in [2.24, 2.45) is 0 Å². The third-order valence-corrected chi connectivity index (χ3v) is 4.20. The van der Waals surface area contributed by atoms with Crippen LogP contribution < -0.4 is 0 Å². The first-order valence-electron chi connectivity index (χ1n) is 3.37. The Labute approximate surface area is 67.0 Å². The Morgan fingerprint density at radius 2 is 1.82 bits per heavy atom. The quantitative estimate of drug-likeness (QED) is 0.671. The van der Waals surface area contributed by atoms with Crippen LogP contribution in [0.5, 0.6) is 0 Å². The third kappa shape index (κ3) is 2.03. The van der Waals surface area contributed by atoms with Gasteiger partial charge in [0.2, 0.25) is 0 Å². The maximum Gasteiger partial charge on any atom is 0.361 e. The maximum absolute atomic E-state index is 11.5. The van der Waals surface area contributed by atoms with Crippen molar-refractivity contribution in [2.45, 2.75) is 25.6 Å². The van der Waals surface area contributed by atoms with Crippen molar-refractivity contribution >= 4 is 7.60 Å². The lowest BCUT2D eigenvalue weighted by atomic mass is 10.3. The van der Waals surface area contributed by atoms with Gasteiger partial charge in [-0.1, -0.05) is 6.92 Å². The zero-order valence-electron chi connectivity index (χ0n) is 7.33. The number of hydrogen-bond acceptors (Lipinski definition) is 4. The molecule has 0 bridgehead atoms. The number of rotatable bonds is 4. The van der Waals surface area contributed by atoms with Crippen molar-refractivity contribution in [1.29, 1.82) is 0 Å². The molecule has 0 heterocycles. The van der Waals surface area contributed by atoms with Gasteiger partial charge in [-0.3, -0.25) is 4.57 Å². The molecule has 0 radical (unpaired) electrons. The van der Waals surface area contributed by atoms with Gasteiger partial charge in [0.15, 0.2) is 5.34 Å². The Kier molecular flexibility index (Phi) is 3.71. The zero-order chi connectivity index (χ0) is 9.12. The second-order valence-electron chi connectivity index (χ2n) is 2.43. The SMILES string of the molecule is CC[C@@](C)(O)P(=O)(OC)OC. The second kappa shape index (κ2) is 3.68. The van der Waals surface area contributed by atoms with E-state index in [9.17, 15) is 9.67 Å². The molecule has 0 aromatic heterocycles. The summed E-state index contributed by atoms with van der Waals surface area (Å²) in [5.74, 6) is 0. The van der Waals surface area contributed by atoms with E-state index in [1.807, 2.05) is 0 Å². The summed E-state index contributed by atoms with van der Waals surface area (Å²) < 4.78 is 20.8. The molecular formula is C6H15O4P. The van der Waals surface area contributed by atoms with Gasteiger partial charge in [0.05, 0.1) is 0 Å². The molecule has 0 rings (SSSR count). The van der Waals surface area contributed by atoms with E-state index in [-0.39, 0.29) is 0 Å². The molecule has 5 heteroatoms. The molecule has 0 aliphatic carbocycles. The van der Waals surface area contributed by atoms with Crippen molar-refractivity contribution in [1.82, 2.24) is 0 Å². The summed E-state index contributed by atoms with van der Waals surface area (Å²) in [6.07, 6.45) is 0.325. The Morgan fingerprint density at radius 1 is 1.45 bits per heavy atom. The van der Waals surface area contributed by atoms with E-state index in [1.165, 1.54) is 21.1 Å². The lowest BCUT2D eigenvalue weighted by Crippen LogP contribution is -2.24. The molecule has 0 aromatic carbocycles. The van der Waals surface area contributed by atoms with Gasteiger partial charge in [0.25, 0.3) is 0 Å². The van der Waals surface area contributed by atoms with Crippen LogP contribution in [0, 0.1) is 0 Å². The summed E-state index contributed by atoms with van der Waals surface area (Å²) in [6, 6.07) is 0. The minimum Gasteiger partial charge on any atom is -0.378 e. The van der Waals surface area contributed by atoms with Gasteiger partial charge in [-0.2, -0.15) is 0 Å². The summed E-state index contributed by atoms with van der Waals surface area (Å²) >= 11 is 0. The number of hydrogen-bond donors (Lipinski definition) is 1. The fourth-order valence-electron chi connectivity index (χ4n) is 0.662. The van der Waals surface area contributed by atoms with Crippen LogP contribution in [0.25, 0.3) is 0 Å². The monoisotopic (exact) mass is 182 g/mol. The fraction of sp³-hybridized carbons (Fsp3) is 1.00. The standard InChI is InChI=1S/C6H15O4P/c1-5-6(2,7)11(8,9-3)10-4/h7H,5H2,1-4H3/t6-/m0/s1. The molecule has 1 atom stereocenters. The highest BCUT2D eigenvalue weighted by atomic mass is 31.2. The van der Waals surface area contributed by atoms with Gasteiger partial charge in [0.1, 0.15) is 0 Å². The molecule has 11 heavy (non-hydrogen) atoms. The largest absolute Gasteiger partial charge is 0.378 e. The van der Waals surface area contributed by atoms with E-state index in [2.05, 4.69) is 9.05 Å². The first-order valence-corrected chi connectivity index (χ1v) is 4.91. The molecular weight excluding hydrogens is 167 g/mol. The topological polar surface area (TPSA) is 55.8 Å². The summed E-state index contributed by atoms with van der Waals surface area (Å²) in [4.78, 5) is 0. The van der Waals surface area contributed by atoms with Crippen LogP contribution >= 0.6 is 7.60 Å². The van der Waals surface area contributed by atoms with Gasteiger partial charge in [-0.25, -0.2) is 0 Å². The average Bonchev–Trinajstić information content (AvgIpc) is 2.02. The third-order valence-electron chi connectivity index (χ3n) is 1.74. The number of aliphatic hydroxyl groups is 1. The highest BCUT2D eigenvalue weighted by molar-refractivity contribution is 7.55. The molecule has 0 aliphatic rings. The van der Waals surface area contributed by atoms with E-state index in [4.69, 9.17) is 0 Å². The van der Waals surface area contributed by atoms with Gasteiger partial charge in [0, 0.05) is 14.2 Å². The van der Waals surface area contributed by atoms with Crippen LogP contribution in [-0.4, -0.2) is 24.7 Å². The van der Waals surface area contributed by atoms with Gasteiger partial charge < -0.3 is 14.2 Å². The first-order chi connectivity index (χ1) is 4.93. The molecule has 0 aliphatic heterocycles. The van der Waals surface area contributed by atoms with E-state index in [0.29, 0.717) is 6.42 Å². The second-order valence-corrected chi connectivity index (χ2v) is 5.12. The molecule has 0 fully saturated rings. The normalized spacial score (nSPS) is 17.9. The average molecular weight is 182 g/mol. The highest BCUT2D eigenvalue weighted by Gasteiger charge is 2.42. The molecule has 0 saturated carbocycles. The molecule has 0 unspecified atom stereocenters. The summed E-state index contributed by atoms with van der Waals surface area (Å²) in [6.45, 7) is 3.14. The van der Waals surface area contributed by atoms with Crippen LogP contribution in [0.1, 0.15) is 20.3 Å². The van der Waals surface area contributed by atoms with E-state index in [0.717, 1.165) is 0 Å². The van der Waals surface area contributed by atoms with Crippen LogP contribution in [0.4, 0.5) is 0 Å². The van der Waals surface area contributed by atoms with E-state index >= 15 is 0 Å². The molecule has 0 spiro atoms. The summed E-state index contributed by atoms with van der Waals surface area (Å²) in [7, 11) is -0.812. The zero-order valence-corrected chi connectivity index (χ0v) is 8.22. The van der Waals surface area contributed by atoms with Crippen molar-refractivity contribution in [2.75, 3.05) is 14.2 Å². The minimum absolute atomic E-state index is 0.325. The predicted molar refractivity (Wildman–Crippen MR) is 42.5 cm³/mol. The Morgan fingerprint density at radius 3 is 1.91 bits per heavy atom. The van der Waals surface area contributed by atoms with Crippen molar-refractivity contribution in [3.05, 3.63) is 0 Å². The molecule has 0 amide bonds. The molecule has 0 saturated heterocycles. The summed E-state index contributed by atoms with van der Waals surface area (Å²) in [5.41, 5.74) is 0. The van der Waals surface area contributed by atoms with E-state index in [1.54, 1.807) is 6.92 Å². The molecule has 68 valence electrons. The highest BCUT2D eigenvalue weighted by Crippen LogP contribution is 2.58. The van der Waals surface area contributed by atoms with Gasteiger partial charge in [-0.15, -0.1) is 0 Å². The van der Waals surface area contributed by atoms with Crippen LogP contribution in [0.3, 0.4) is 0 Å². The van der Waals surface area contributed by atoms with Crippen molar-refractivity contribution in [3.63, 3.8) is 0 Å². The predicted octanol–water partition coefficient (Wildman–Crippen LogP) is 1.59. The van der Waals surface area contributed by atoms with Crippen LogP contribution in [0.15, 0.2) is 0 Å². The molecule has 1 N–H and O–H groups in total. The Hall–Kier alpha value is 0.110. The summed E-state index contributed by atoms with van der Waals surface area (Å²) in [5, 5.41) is 8.14. The fourth-order valence-corrected chi connectivity index (χ4v) is 1.98. The lowest BCUT2D eigenvalue weighted by molar-refractivity contribution is 0.0910. The molecule has 4 nitrogen and oxygen atoms in total. The van der Waals surface area contributed by atoms with E-state index < -0.39 is 12.9 Å². The first kappa shape index (κ1) is 11.1. The smallest absolute Gasteiger partial charge is 0.361 e. The van der Waals surface area contributed by atoms with Crippen molar-refractivity contribution < 1.29 is 18.7 Å². The Bertz CT molecular complexity index is 158. The lowest BCUT2D eigenvalue weighted by Gasteiger charge is -2.28. The maximum atomic E-state index is 11.5. The molecule has 0 aromatic rings. The van der Waals surface area contributed by atoms with Gasteiger partial charge >= 0.3 is 7.60 Å². The Balaban J connectivity index is 4.63. The van der Waals surface area contributed by atoms with Gasteiger partial charge in [-0.05, 0) is 13.3 Å².